The first-order valence-electron chi connectivity index (χ1n) is 10.1. The summed E-state index contributed by atoms with van der Waals surface area (Å²) >= 11 is 12.2. The first-order chi connectivity index (χ1) is 15.8. The van der Waals surface area contributed by atoms with Crippen LogP contribution in [0.4, 0.5) is 10.2 Å². The number of benzene rings is 1. The fourth-order valence-electron chi connectivity index (χ4n) is 3.58. The Hall–Kier alpha value is -2.55. The summed E-state index contributed by atoms with van der Waals surface area (Å²) in [6.07, 6.45) is 6.23. The SMILES string of the molecule is CS(=O)CC1CN(c2ccc(C(=N)c3ccc(F)c(OCc4c(Cl)cncc4Cl)c3)cn2)C1. The fraction of sp³-hybridized carbons (Fsp3) is 0.261. The lowest BCUT2D eigenvalue weighted by molar-refractivity contribution is 0.290. The summed E-state index contributed by atoms with van der Waals surface area (Å²) in [5, 5.41) is 9.19. The average Bonchev–Trinajstić information content (AvgIpc) is 2.76. The largest absolute Gasteiger partial charge is 0.486 e. The Labute approximate surface area is 203 Å². The minimum Gasteiger partial charge on any atom is -0.486 e. The van der Waals surface area contributed by atoms with Crippen LogP contribution >= 0.6 is 23.2 Å². The lowest BCUT2D eigenvalue weighted by atomic mass is 10.0. The van der Waals surface area contributed by atoms with Crippen LogP contribution in [0.5, 0.6) is 5.75 Å². The van der Waals surface area contributed by atoms with E-state index in [0.717, 1.165) is 18.9 Å². The van der Waals surface area contributed by atoms with Crippen molar-refractivity contribution in [3.05, 3.63) is 81.5 Å². The number of nitrogens with zero attached hydrogens (tertiary/aromatic N) is 3. The third-order valence-electron chi connectivity index (χ3n) is 5.33. The van der Waals surface area contributed by atoms with Gasteiger partial charge in [-0.25, -0.2) is 9.37 Å². The number of hydrogen-bond donors (Lipinski definition) is 1. The predicted molar refractivity (Wildman–Crippen MR) is 130 cm³/mol. The molecule has 1 unspecified atom stereocenters. The molecule has 0 spiro atoms. The molecular formula is C23H21Cl2FN4O2S. The molecule has 0 bridgehead atoms. The van der Waals surface area contributed by atoms with Crippen molar-refractivity contribution in [2.45, 2.75) is 6.61 Å². The molecule has 1 aromatic carbocycles. The third kappa shape index (κ3) is 5.51. The van der Waals surface area contributed by atoms with E-state index in [1.807, 2.05) is 12.1 Å². The molecule has 2 aromatic heterocycles. The van der Waals surface area contributed by atoms with E-state index in [4.69, 9.17) is 33.3 Å². The van der Waals surface area contributed by atoms with E-state index >= 15 is 0 Å². The molecule has 0 saturated carbocycles. The molecule has 3 aromatic rings. The second-order valence-corrected chi connectivity index (χ2v) is 10.1. The van der Waals surface area contributed by atoms with Gasteiger partial charge >= 0.3 is 0 Å². The number of aromatic nitrogens is 2. The van der Waals surface area contributed by atoms with Crippen LogP contribution in [0.1, 0.15) is 16.7 Å². The molecule has 0 aliphatic carbocycles. The number of rotatable bonds is 8. The molecule has 172 valence electrons. The Morgan fingerprint density at radius 2 is 1.88 bits per heavy atom. The van der Waals surface area contributed by atoms with Crippen LogP contribution < -0.4 is 9.64 Å². The second kappa shape index (κ2) is 10.2. The average molecular weight is 507 g/mol. The molecule has 6 nitrogen and oxygen atoms in total. The summed E-state index contributed by atoms with van der Waals surface area (Å²) in [7, 11) is -0.794. The zero-order valence-electron chi connectivity index (χ0n) is 17.7. The summed E-state index contributed by atoms with van der Waals surface area (Å²) in [5.41, 5.74) is 1.79. The topological polar surface area (TPSA) is 79.2 Å². The van der Waals surface area contributed by atoms with Crippen molar-refractivity contribution < 1.29 is 13.3 Å². The van der Waals surface area contributed by atoms with Crippen molar-refractivity contribution in [1.29, 1.82) is 5.41 Å². The van der Waals surface area contributed by atoms with Crippen molar-refractivity contribution in [3.8, 4) is 5.75 Å². The highest BCUT2D eigenvalue weighted by Gasteiger charge is 2.28. The highest BCUT2D eigenvalue weighted by molar-refractivity contribution is 7.84. The van der Waals surface area contributed by atoms with Gasteiger partial charge in [0.25, 0.3) is 0 Å². The Morgan fingerprint density at radius 1 is 1.18 bits per heavy atom. The first-order valence-corrected chi connectivity index (χ1v) is 12.6. The van der Waals surface area contributed by atoms with Crippen molar-refractivity contribution >= 4 is 45.5 Å². The molecule has 1 atom stereocenters. The molecule has 0 amide bonds. The van der Waals surface area contributed by atoms with E-state index in [1.165, 1.54) is 30.6 Å². The standard InChI is InChI=1S/C23H21Cl2FN4O2S/c1-33(31)13-14-10-30(11-14)22-5-3-16(7-29-22)23(27)15-2-4-20(26)21(6-15)32-12-17-18(24)8-28-9-19(17)25/h2-9,14,27H,10-13H2,1H3. The van der Waals surface area contributed by atoms with Crippen LogP contribution in [0.15, 0.2) is 48.9 Å². The van der Waals surface area contributed by atoms with Crippen LogP contribution in [-0.2, 0) is 17.4 Å². The van der Waals surface area contributed by atoms with Crippen molar-refractivity contribution in [2.24, 2.45) is 5.92 Å². The second-order valence-electron chi connectivity index (χ2n) is 7.81. The lowest BCUT2D eigenvalue weighted by Gasteiger charge is -2.39. The van der Waals surface area contributed by atoms with Gasteiger partial charge in [0.05, 0.1) is 15.8 Å². The molecule has 1 aliphatic rings. The molecule has 3 heterocycles. The highest BCUT2D eigenvalue weighted by Crippen LogP contribution is 2.28. The minimum atomic E-state index is -0.794. The first kappa shape index (κ1) is 23.6. The maximum absolute atomic E-state index is 14.3. The fourth-order valence-corrected chi connectivity index (χ4v) is 4.93. The van der Waals surface area contributed by atoms with Gasteiger partial charge in [0, 0.05) is 77.1 Å². The summed E-state index contributed by atoms with van der Waals surface area (Å²) < 4.78 is 31.3. The van der Waals surface area contributed by atoms with Gasteiger partial charge in [-0.1, -0.05) is 23.2 Å². The summed E-state index contributed by atoms with van der Waals surface area (Å²) in [6.45, 7) is 1.62. The molecule has 1 N–H and O–H groups in total. The Balaban J connectivity index is 1.44. The van der Waals surface area contributed by atoms with E-state index in [2.05, 4.69) is 14.9 Å². The Kier molecular flexibility index (Phi) is 7.26. The number of nitrogens with one attached hydrogen (secondary N) is 1. The summed E-state index contributed by atoms with van der Waals surface area (Å²) in [5.74, 6) is 1.38. The molecule has 1 fully saturated rings. The van der Waals surface area contributed by atoms with E-state index in [1.54, 1.807) is 12.5 Å². The molecule has 1 aliphatic heterocycles. The van der Waals surface area contributed by atoms with Gasteiger partial charge in [-0.15, -0.1) is 0 Å². The van der Waals surface area contributed by atoms with Crippen molar-refractivity contribution in [3.63, 3.8) is 0 Å². The van der Waals surface area contributed by atoms with Crippen LogP contribution in [0.2, 0.25) is 10.0 Å². The van der Waals surface area contributed by atoms with Gasteiger partial charge in [-0.05, 0) is 30.3 Å². The normalized spacial score (nSPS) is 14.6. The van der Waals surface area contributed by atoms with E-state index in [9.17, 15) is 8.60 Å². The molecule has 0 radical (unpaired) electrons. The predicted octanol–water partition coefficient (Wildman–Crippen LogP) is 4.73. The van der Waals surface area contributed by atoms with E-state index in [0.29, 0.717) is 38.4 Å². The van der Waals surface area contributed by atoms with E-state index in [-0.39, 0.29) is 18.1 Å². The van der Waals surface area contributed by atoms with Gasteiger partial charge in [0.2, 0.25) is 0 Å². The third-order valence-corrected chi connectivity index (χ3v) is 6.92. The van der Waals surface area contributed by atoms with Gasteiger partial charge < -0.3 is 9.64 Å². The van der Waals surface area contributed by atoms with Crippen molar-refractivity contribution in [2.75, 3.05) is 30.0 Å². The van der Waals surface area contributed by atoms with Crippen LogP contribution in [0.3, 0.4) is 0 Å². The maximum atomic E-state index is 14.3. The summed E-state index contributed by atoms with van der Waals surface area (Å²) in [6, 6.07) is 7.93. The van der Waals surface area contributed by atoms with Crippen LogP contribution in [0, 0.1) is 17.1 Å². The zero-order valence-corrected chi connectivity index (χ0v) is 20.1. The number of ether oxygens (including phenoxy) is 1. The number of halogens is 3. The Morgan fingerprint density at radius 3 is 2.52 bits per heavy atom. The number of hydrogen-bond acceptors (Lipinski definition) is 6. The summed E-state index contributed by atoms with van der Waals surface area (Å²) in [4.78, 5) is 10.5. The van der Waals surface area contributed by atoms with Crippen molar-refractivity contribution in [1.82, 2.24) is 9.97 Å². The highest BCUT2D eigenvalue weighted by atomic mass is 35.5. The maximum Gasteiger partial charge on any atom is 0.165 e. The van der Waals surface area contributed by atoms with Gasteiger partial charge in [0.15, 0.2) is 11.6 Å². The molecular weight excluding hydrogens is 486 g/mol. The number of pyridine rings is 2. The van der Waals surface area contributed by atoms with Crippen LogP contribution in [0.25, 0.3) is 0 Å². The minimum absolute atomic E-state index is 0.00860. The smallest absolute Gasteiger partial charge is 0.165 e. The number of anilines is 1. The monoisotopic (exact) mass is 506 g/mol. The quantitative estimate of drug-likeness (QED) is 0.446. The molecule has 10 heteroatoms. The van der Waals surface area contributed by atoms with E-state index < -0.39 is 16.6 Å². The van der Waals surface area contributed by atoms with Crippen LogP contribution in [-0.4, -0.2) is 45.0 Å². The van der Waals surface area contributed by atoms with Gasteiger partial charge in [-0.3, -0.25) is 14.6 Å². The molecule has 33 heavy (non-hydrogen) atoms. The lowest BCUT2D eigenvalue weighted by Crippen LogP contribution is -2.49. The van der Waals surface area contributed by atoms with Gasteiger partial charge in [-0.2, -0.15) is 0 Å². The van der Waals surface area contributed by atoms with Gasteiger partial charge in [0.1, 0.15) is 12.4 Å². The zero-order chi connectivity index (χ0) is 23.5. The Bertz CT molecular complexity index is 1180. The molecule has 4 rings (SSSR count). The molecule has 1 saturated heterocycles.